The van der Waals surface area contributed by atoms with Gasteiger partial charge in [0, 0.05) is 36.4 Å². The summed E-state index contributed by atoms with van der Waals surface area (Å²) < 4.78 is 0. The van der Waals surface area contributed by atoms with E-state index in [0.717, 1.165) is 21.7 Å². The fourth-order valence-corrected chi connectivity index (χ4v) is 4.18. The molecule has 2 aromatic carbocycles. The Balaban J connectivity index is 0.000000373. The van der Waals surface area contributed by atoms with Crippen LogP contribution in [0, 0.1) is 19.9 Å². The number of nitrogens with zero attached hydrogens (tertiary/aromatic N) is 1. The smallest absolute Gasteiger partial charge is 0.155 e. The third kappa shape index (κ3) is 6.96. The van der Waals surface area contributed by atoms with Crippen LogP contribution in [0.1, 0.15) is 25.0 Å². The van der Waals surface area contributed by atoms with E-state index < -0.39 is 0 Å². The Morgan fingerprint density at radius 2 is 1.74 bits per heavy atom. The van der Waals surface area contributed by atoms with Crippen LogP contribution >= 0.6 is 11.3 Å². The molecule has 4 rings (SSSR count). The van der Waals surface area contributed by atoms with Gasteiger partial charge in [-0.2, -0.15) is 0 Å². The molecule has 0 aliphatic rings. The van der Waals surface area contributed by atoms with E-state index in [2.05, 4.69) is 74.5 Å². The normalized spacial score (nSPS) is 10.8. The van der Waals surface area contributed by atoms with E-state index in [0.29, 0.717) is 0 Å². The van der Waals surface area contributed by atoms with E-state index in [-0.39, 0.29) is 31.6 Å². The van der Waals surface area contributed by atoms with Gasteiger partial charge in [-0.1, -0.05) is 56.3 Å². The Morgan fingerprint density at radius 3 is 2.32 bits per heavy atom. The summed E-state index contributed by atoms with van der Waals surface area (Å²) in [5.41, 5.74) is 5.70. The molecule has 0 saturated heterocycles. The minimum Gasteiger partial charge on any atom is -0.512 e. The van der Waals surface area contributed by atoms with E-state index in [4.69, 9.17) is 10.1 Å². The summed E-state index contributed by atoms with van der Waals surface area (Å²) in [7, 11) is 0. The summed E-state index contributed by atoms with van der Waals surface area (Å²) in [4.78, 5) is 17.2. The first-order chi connectivity index (χ1) is 14.3. The van der Waals surface area contributed by atoms with Crippen molar-refractivity contribution >= 4 is 27.3 Å². The zero-order valence-electron chi connectivity index (χ0n) is 17.9. The van der Waals surface area contributed by atoms with Gasteiger partial charge >= 0.3 is 0 Å². The maximum Gasteiger partial charge on any atom is 0.155 e. The van der Waals surface area contributed by atoms with Crippen molar-refractivity contribution in [2.45, 2.75) is 27.7 Å². The summed E-state index contributed by atoms with van der Waals surface area (Å²) in [5.74, 6) is -0.0625. The standard InChI is InChI=1S/C21H16NS.C5H8O2.Ir/c1-14-10-15(2)12-18(11-14)19-9-8-17-13-20(23-21(17)22-19)16-6-4-3-5-7-16;1-4(6)3-5(2)7;/h3-11,13H,1-2H3;3,6H,1-2H3;/q-1;;/b;4-3-;. The molecule has 3 nitrogen and oxygen atoms in total. The number of hydrogen-bond donors (Lipinski definition) is 1. The number of ketones is 1. The van der Waals surface area contributed by atoms with E-state index in [1.807, 2.05) is 6.07 Å². The summed E-state index contributed by atoms with van der Waals surface area (Å²) in [6.45, 7) is 7.04. The first kappa shape index (κ1) is 24.7. The van der Waals surface area contributed by atoms with Crippen LogP contribution in [0.25, 0.3) is 31.9 Å². The molecule has 0 aliphatic carbocycles. The Bertz CT molecular complexity index is 1190. The first-order valence-corrected chi connectivity index (χ1v) is 10.5. The van der Waals surface area contributed by atoms with Crippen LogP contribution in [0.3, 0.4) is 0 Å². The molecule has 0 saturated carbocycles. The Labute approximate surface area is 200 Å². The molecule has 0 spiro atoms. The number of hydrogen-bond acceptors (Lipinski definition) is 4. The average molecular weight is 607 g/mol. The van der Waals surface area contributed by atoms with Crippen molar-refractivity contribution in [2.75, 3.05) is 0 Å². The molecule has 2 aromatic heterocycles. The second kappa shape index (κ2) is 11.1. The molecule has 1 radical (unpaired) electrons. The number of rotatable bonds is 3. The van der Waals surface area contributed by atoms with Crippen LogP contribution in [0.15, 0.2) is 72.5 Å². The van der Waals surface area contributed by atoms with Crippen LogP contribution in [-0.2, 0) is 24.9 Å². The molecule has 0 fully saturated rings. The van der Waals surface area contributed by atoms with Crippen LogP contribution in [0.4, 0.5) is 0 Å². The van der Waals surface area contributed by atoms with Gasteiger partial charge in [-0.05, 0) is 31.2 Å². The minimum absolute atomic E-state index is 0. The number of aryl methyl sites for hydroxylation is 2. The Kier molecular flexibility index (Phi) is 8.87. The maximum atomic E-state index is 10.0. The number of allylic oxidation sites excluding steroid dienone is 2. The largest absolute Gasteiger partial charge is 0.512 e. The number of carbonyl (C=O) groups is 1. The van der Waals surface area contributed by atoms with Crippen LogP contribution < -0.4 is 0 Å². The average Bonchev–Trinajstić information content (AvgIpc) is 3.11. The third-order valence-electron chi connectivity index (χ3n) is 4.28. The van der Waals surface area contributed by atoms with Crippen molar-refractivity contribution in [3.05, 3.63) is 89.7 Å². The van der Waals surface area contributed by atoms with Crippen molar-refractivity contribution in [1.29, 1.82) is 0 Å². The van der Waals surface area contributed by atoms with E-state index in [1.54, 1.807) is 11.3 Å². The molecule has 31 heavy (non-hydrogen) atoms. The SMILES string of the molecule is CC(=O)/C=C(/C)O.Cc1[c-]c(-c2ccc3cc(-c4ccccc4)sc3n2)cc(C)c1.[Ir]. The predicted molar refractivity (Wildman–Crippen MR) is 126 cm³/mol. The fraction of sp³-hybridized carbons (Fsp3) is 0.154. The van der Waals surface area contributed by atoms with Crippen molar-refractivity contribution in [2.24, 2.45) is 0 Å². The summed E-state index contributed by atoms with van der Waals surface area (Å²) in [5, 5.41) is 9.56. The van der Waals surface area contributed by atoms with Gasteiger partial charge < -0.3 is 5.11 Å². The molecule has 0 aliphatic heterocycles. The van der Waals surface area contributed by atoms with Gasteiger partial charge in [0.2, 0.25) is 0 Å². The van der Waals surface area contributed by atoms with Crippen molar-refractivity contribution in [1.82, 2.24) is 4.98 Å². The van der Waals surface area contributed by atoms with Crippen LogP contribution in [-0.4, -0.2) is 15.9 Å². The zero-order valence-corrected chi connectivity index (χ0v) is 21.1. The van der Waals surface area contributed by atoms with Gasteiger partial charge in [0.15, 0.2) is 5.78 Å². The van der Waals surface area contributed by atoms with E-state index in [1.165, 1.54) is 41.3 Å². The molecule has 0 bridgehead atoms. The van der Waals surface area contributed by atoms with E-state index in [9.17, 15) is 4.79 Å². The number of fused-ring (bicyclic) bond motifs is 1. The Morgan fingerprint density at radius 1 is 1.03 bits per heavy atom. The number of carbonyl (C=O) groups excluding carboxylic acids is 1. The van der Waals surface area contributed by atoms with Gasteiger partial charge in [-0.25, -0.2) is 0 Å². The summed E-state index contributed by atoms with van der Waals surface area (Å²) in [6, 6.07) is 24.6. The third-order valence-corrected chi connectivity index (χ3v) is 5.37. The van der Waals surface area contributed by atoms with Gasteiger partial charge in [-0.3, -0.25) is 9.78 Å². The maximum absolute atomic E-state index is 10.0. The van der Waals surface area contributed by atoms with Gasteiger partial charge in [0.1, 0.15) is 4.83 Å². The molecule has 1 N–H and O–H groups in total. The second-order valence-electron chi connectivity index (χ2n) is 7.22. The van der Waals surface area contributed by atoms with E-state index >= 15 is 0 Å². The number of thiophene rings is 1. The number of pyridine rings is 1. The molecule has 0 amide bonds. The molecule has 0 unspecified atom stereocenters. The number of aliphatic hydroxyl groups excluding tert-OH is 1. The molecule has 2 heterocycles. The topological polar surface area (TPSA) is 50.2 Å². The number of benzene rings is 2. The zero-order chi connectivity index (χ0) is 21.7. The molecular weight excluding hydrogens is 583 g/mol. The molecule has 161 valence electrons. The molecule has 5 heteroatoms. The monoisotopic (exact) mass is 607 g/mol. The minimum atomic E-state index is -0.125. The summed E-state index contributed by atoms with van der Waals surface area (Å²) in [6.07, 6.45) is 1.17. The van der Waals surface area contributed by atoms with Crippen molar-refractivity contribution in [3.63, 3.8) is 0 Å². The first-order valence-electron chi connectivity index (χ1n) is 9.66. The predicted octanol–water partition coefficient (Wildman–Crippen LogP) is 7.08. The van der Waals surface area contributed by atoms with Crippen molar-refractivity contribution < 1.29 is 30.0 Å². The number of aliphatic hydroxyl groups is 1. The van der Waals surface area contributed by atoms with Crippen molar-refractivity contribution in [3.8, 4) is 21.7 Å². The molecular formula is C26H24IrNO2S-. The van der Waals surface area contributed by atoms with Gasteiger partial charge in [0.05, 0.1) is 5.76 Å². The Hall–Kier alpha value is -2.59. The molecule has 0 atom stereocenters. The number of aromatic nitrogens is 1. The summed E-state index contributed by atoms with van der Waals surface area (Å²) >= 11 is 1.74. The van der Waals surface area contributed by atoms with Gasteiger partial charge in [-0.15, -0.1) is 46.2 Å². The van der Waals surface area contributed by atoms with Crippen LogP contribution in [0.2, 0.25) is 0 Å². The second-order valence-corrected chi connectivity index (χ2v) is 8.25. The quantitative estimate of drug-likeness (QED) is 0.154. The fourth-order valence-electron chi connectivity index (χ4n) is 3.14. The van der Waals surface area contributed by atoms with Gasteiger partial charge in [0.25, 0.3) is 0 Å². The van der Waals surface area contributed by atoms with Crippen LogP contribution in [0.5, 0.6) is 0 Å². The molecule has 4 aromatic rings.